The van der Waals surface area contributed by atoms with Crippen molar-refractivity contribution in [3.63, 3.8) is 0 Å². The maximum atomic E-state index is 13.6. The van der Waals surface area contributed by atoms with Crippen LogP contribution in [0.25, 0.3) is 10.2 Å². The predicted octanol–water partition coefficient (Wildman–Crippen LogP) is 5.84. The summed E-state index contributed by atoms with van der Waals surface area (Å²) >= 11 is 2.98. The van der Waals surface area contributed by atoms with Crippen LogP contribution in [0.15, 0.2) is 59.5 Å². The number of ether oxygens (including phenoxy) is 3. The lowest BCUT2D eigenvalue weighted by molar-refractivity contribution is -0.121. The third kappa shape index (κ3) is 5.14. The van der Waals surface area contributed by atoms with Crippen molar-refractivity contribution < 1.29 is 23.8 Å². The number of nitrogens with zero attached hydrogens (tertiary/aromatic N) is 2. The molecule has 4 aromatic rings. The zero-order valence-corrected chi connectivity index (χ0v) is 23.1. The summed E-state index contributed by atoms with van der Waals surface area (Å²) in [5.41, 5.74) is 3.53. The van der Waals surface area contributed by atoms with Gasteiger partial charge in [-0.2, -0.15) is 0 Å². The number of thiazole rings is 1. The van der Waals surface area contributed by atoms with E-state index in [9.17, 15) is 9.59 Å². The molecule has 1 aliphatic heterocycles. The van der Waals surface area contributed by atoms with Crippen molar-refractivity contribution in [1.29, 1.82) is 0 Å². The van der Waals surface area contributed by atoms with Crippen molar-refractivity contribution in [3.8, 4) is 17.2 Å². The molecule has 8 nitrogen and oxygen atoms in total. The standard InChI is InChI=1S/C28H27N3O5S2/c1-16-9-10-18-24(11-16)38-28(29-18)30-25(32)15-31-19-7-5-6-8-22(19)37-23(14-26(31)33)17-12-20(34-2)27(36-4)21(13-17)35-3/h5-13,23H,14-15H2,1-4H3,(H,29,30,32). The van der Waals surface area contributed by atoms with Crippen molar-refractivity contribution in [2.24, 2.45) is 0 Å². The molecule has 1 atom stereocenters. The second-order valence-electron chi connectivity index (χ2n) is 8.76. The molecule has 2 amide bonds. The fraction of sp³-hybridized carbons (Fsp3) is 0.250. The number of aryl methyl sites for hydroxylation is 1. The van der Waals surface area contributed by atoms with Crippen LogP contribution >= 0.6 is 23.1 Å². The normalized spacial score (nSPS) is 15.1. The molecule has 1 aliphatic rings. The summed E-state index contributed by atoms with van der Waals surface area (Å²) in [7, 11) is 4.68. The van der Waals surface area contributed by atoms with Crippen molar-refractivity contribution in [2.75, 3.05) is 38.1 Å². The Bertz CT molecular complexity index is 1490. The van der Waals surface area contributed by atoms with E-state index in [1.54, 1.807) is 38.0 Å². The average molecular weight is 550 g/mol. The summed E-state index contributed by atoms with van der Waals surface area (Å²) in [6, 6.07) is 17.3. The van der Waals surface area contributed by atoms with E-state index in [4.69, 9.17) is 14.2 Å². The lowest BCUT2D eigenvalue weighted by atomic mass is 10.1. The fourth-order valence-corrected chi connectivity index (χ4v) is 6.65. The van der Waals surface area contributed by atoms with Crippen LogP contribution in [0.4, 0.5) is 10.8 Å². The maximum absolute atomic E-state index is 13.6. The van der Waals surface area contributed by atoms with Gasteiger partial charge in [-0.05, 0) is 54.4 Å². The summed E-state index contributed by atoms with van der Waals surface area (Å²) in [6.45, 7) is 1.90. The van der Waals surface area contributed by atoms with Crippen molar-refractivity contribution >= 4 is 55.9 Å². The third-order valence-corrected chi connectivity index (χ3v) is 8.49. The van der Waals surface area contributed by atoms with Gasteiger partial charge >= 0.3 is 0 Å². The number of carbonyl (C=O) groups is 2. The predicted molar refractivity (Wildman–Crippen MR) is 151 cm³/mol. The van der Waals surface area contributed by atoms with E-state index in [1.807, 2.05) is 61.5 Å². The minimum absolute atomic E-state index is 0.118. The first-order chi connectivity index (χ1) is 18.4. The molecule has 196 valence electrons. The summed E-state index contributed by atoms with van der Waals surface area (Å²) in [5, 5.41) is 3.16. The molecule has 0 saturated carbocycles. The first-order valence-electron chi connectivity index (χ1n) is 11.9. The molecule has 0 saturated heterocycles. The molecule has 3 aromatic carbocycles. The highest BCUT2D eigenvalue weighted by molar-refractivity contribution is 7.99. The van der Waals surface area contributed by atoms with Crippen molar-refractivity contribution in [2.45, 2.75) is 23.5 Å². The third-order valence-electron chi connectivity index (χ3n) is 6.24. The summed E-state index contributed by atoms with van der Waals surface area (Å²) < 4.78 is 17.5. The Kier molecular flexibility index (Phi) is 7.44. The topological polar surface area (TPSA) is 90.0 Å². The fourth-order valence-electron chi connectivity index (χ4n) is 4.41. The summed E-state index contributed by atoms with van der Waals surface area (Å²) in [6.07, 6.45) is 0.186. The first kappa shape index (κ1) is 25.9. The van der Waals surface area contributed by atoms with Gasteiger partial charge in [0.1, 0.15) is 6.54 Å². The molecule has 1 unspecified atom stereocenters. The molecular weight excluding hydrogens is 522 g/mol. The number of benzene rings is 3. The Morgan fingerprint density at radius 3 is 2.50 bits per heavy atom. The lowest BCUT2D eigenvalue weighted by Crippen LogP contribution is -2.38. The molecule has 38 heavy (non-hydrogen) atoms. The van der Waals surface area contributed by atoms with Crippen LogP contribution in [0, 0.1) is 6.92 Å². The van der Waals surface area contributed by atoms with Crippen LogP contribution in [-0.4, -0.2) is 44.7 Å². The van der Waals surface area contributed by atoms with Gasteiger partial charge in [0.2, 0.25) is 17.6 Å². The monoisotopic (exact) mass is 549 g/mol. The second kappa shape index (κ2) is 10.9. The number of amides is 2. The highest BCUT2D eigenvalue weighted by Gasteiger charge is 2.31. The number of thioether (sulfide) groups is 1. The van der Waals surface area contributed by atoms with Crippen molar-refractivity contribution in [3.05, 3.63) is 65.7 Å². The molecule has 0 bridgehead atoms. The first-order valence-corrected chi connectivity index (χ1v) is 13.6. The smallest absolute Gasteiger partial charge is 0.246 e. The molecular formula is C28H27N3O5S2. The van der Waals surface area contributed by atoms with Gasteiger partial charge in [0.25, 0.3) is 0 Å². The van der Waals surface area contributed by atoms with Crippen LogP contribution in [0.2, 0.25) is 0 Å². The maximum Gasteiger partial charge on any atom is 0.246 e. The van der Waals surface area contributed by atoms with Gasteiger partial charge in [-0.3, -0.25) is 9.59 Å². The minimum atomic E-state index is -0.305. The largest absolute Gasteiger partial charge is 0.493 e. The van der Waals surface area contributed by atoms with Crippen LogP contribution in [0.1, 0.15) is 22.8 Å². The van der Waals surface area contributed by atoms with Gasteiger partial charge in [0, 0.05) is 16.6 Å². The number of nitrogens with one attached hydrogen (secondary N) is 1. The number of aromatic nitrogens is 1. The quantitative estimate of drug-likeness (QED) is 0.310. The molecule has 5 rings (SSSR count). The number of para-hydroxylation sites is 1. The Hall–Kier alpha value is -3.76. The number of hydrogen-bond donors (Lipinski definition) is 1. The zero-order valence-electron chi connectivity index (χ0n) is 21.4. The Labute approximate surface area is 228 Å². The zero-order chi connectivity index (χ0) is 26.8. The van der Waals surface area contributed by atoms with Gasteiger partial charge in [-0.1, -0.05) is 29.5 Å². The number of fused-ring (bicyclic) bond motifs is 2. The van der Waals surface area contributed by atoms with E-state index in [0.717, 1.165) is 26.2 Å². The van der Waals surface area contributed by atoms with Crippen LogP contribution in [-0.2, 0) is 9.59 Å². The Morgan fingerprint density at radius 1 is 1.05 bits per heavy atom. The molecule has 0 aliphatic carbocycles. The van der Waals surface area contributed by atoms with Gasteiger partial charge < -0.3 is 24.4 Å². The highest BCUT2D eigenvalue weighted by atomic mass is 32.2. The van der Waals surface area contributed by atoms with Crippen LogP contribution in [0.5, 0.6) is 17.2 Å². The SMILES string of the molecule is COc1cc(C2CC(=O)N(CC(=O)Nc3nc4ccc(C)cc4s3)c3ccccc3S2)cc(OC)c1OC. The number of methoxy groups -OCH3 is 3. The molecule has 0 radical (unpaired) electrons. The second-order valence-corrected chi connectivity index (χ2v) is 11.0. The number of rotatable bonds is 7. The molecule has 1 aromatic heterocycles. The number of anilines is 2. The number of carbonyl (C=O) groups excluding carboxylic acids is 2. The van der Waals surface area contributed by atoms with Gasteiger partial charge in [-0.15, -0.1) is 11.8 Å². The summed E-state index contributed by atoms with van der Waals surface area (Å²) in [5.74, 6) is 1.08. The van der Waals surface area contributed by atoms with E-state index >= 15 is 0 Å². The van der Waals surface area contributed by atoms with Crippen LogP contribution in [0.3, 0.4) is 0 Å². The Morgan fingerprint density at radius 2 is 1.79 bits per heavy atom. The molecule has 0 spiro atoms. The summed E-state index contributed by atoms with van der Waals surface area (Å²) in [4.78, 5) is 33.6. The van der Waals surface area contributed by atoms with Crippen molar-refractivity contribution in [1.82, 2.24) is 4.98 Å². The van der Waals surface area contributed by atoms with E-state index in [1.165, 1.54) is 11.3 Å². The molecule has 2 heterocycles. The van der Waals surface area contributed by atoms with E-state index in [-0.39, 0.29) is 30.0 Å². The van der Waals surface area contributed by atoms with Crippen LogP contribution < -0.4 is 24.4 Å². The Balaban J connectivity index is 1.41. The van der Waals surface area contributed by atoms with Gasteiger partial charge in [-0.25, -0.2) is 4.98 Å². The molecule has 0 fully saturated rings. The van der Waals surface area contributed by atoms with E-state index < -0.39 is 0 Å². The molecule has 1 N–H and O–H groups in total. The highest BCUT2D eigenvalue weighted by Crippen LogP contribution is 2.49. The van der Waals surface area contributed by atoms with Gasteiger partial charge in [0.05, 0.1) is 37.2 Å². The van der Waals surface area contributed by atoms with E-state index in [0.29, 0.717) is 28.1 Å². The van der Waals surface area contributed by atoms with Gasteiger partial charge in [0.15, 0.2) is 16.6 Å². The van der Waals surface area contributed by atoms with E-state index in [2.05, 4.69) is 10.3 Å². The number of hydrogen-bond acceptors (Lipinski definition) is 8. The minimum Gasteiger partial charge on any atom is -0.493 e. The average Bonchev–Trinajstić information content (AvgIpc) is 3.25. The molecule has 10 heteroatoms. The lowest BCUT2D eigenvalue weighted by Gasteiger charge is -2.22.